The number of hydrogen-bond acceptors (Lipinski definition) is 3. The maximum Gasteiger partial charge on any atom is 0.404 e. The molecule has 28 heavy (non-hydrogen) atoms. The van der Waals surface area contributed by atoms with Crippen LogP contribution >= 0.6 is 12.4 Å². The van der Waals surface area contributed by atoms with Crippen molar-refractivity contribution in [1.82, 2.24) is 9.80 Å². The van der Waals surface area contributed by atoms with Crippen LogP contribution in [0.5, 0.6) is 0 Å². The van der Waals surface area contributed by atoms with Gasteiger partial charge in [0, 0.05) is 24.8 Å². The van der Waals surface area contributed by atoms with Crippen LogP contribution in [0.25, 0.3) is 0 Å². The van der Waals surface area contributed by atoms with Crippen molar-refractivity contribution in [1.29, 1.82) is 0 Å². The summed E-state index contributed by atoms with van der Waals surface area (Å²) in [5, 5.41) is 0. The van der Waals surface area contributed by atoms with Gasteiger partial charge in [-0.25, -0.2) is 0 Å². The molecule has 1 aromatic rings. The molecule has 3 atom stereocenters. The van der Waals surface area contributed by atoms with Crippen LogP contribution in [0.1, 0.15) is 50.0 Å². The van der Waals surface area contributed by atoms with Gasteiger partial charge in [-0.2, -0.15) is 13.2 Å². The number of carbonyl (C=O) groups is 1. The zero-order chi connectivity index (χ0) is 19.6. The van der Waals surface area contributed by atoms with E-state index in [1.807, 2.05) is 0 Å². The van der Waals surface area contributed by atoms with Gasteiger partial charge in [-0.05, 0) is 56.5 Å². The van der Waals surface area contributed by atoms with E-state index < -0.39 is 18.0 Å². The number of nitrogen functional groups attached to an aromatic ring is 1. The number of alkyl halides is 3. The van der Waals surface area contributed by atoms with Crippen LogP contribution < -0.4 is 5.73 Å². The lowest BCUT2D eigenvalue weighted by Crippen LogP contribution is -2.55. The summed E-state index contributed by atoms with van der Waals surface area (Å²) in [6, 6.07) is 5.43. The molecule has 2 N–H and O–H groups in total. The number of anilines is 1. The minimum atomic E-state index is -4.64. The first-order valence-corrected chi connectivity index (χ1v) is 9.72. The molecule has 8 heteroatoms. The number of nitrogens with two attached hydrogens (primary N) is 1. The summed E-state index contributed by atoms with van der Waals surface area (Å²) in [7, 11) is 1.54. The van der Waals surface area contributed by atoms with E-state index in [9.17, 15) is 18.0 Å². The average molecular weight is 420 g/mol. The lowest BCUT2D eigenvalue weighted by atomic mass is 9.87. The lowest BCUT2D eigenvalue weighted by molar-refractivity contribution is -0.173. The fraction of sp³-hybridized carbons (Fsp3) is 0.650. The quantitative estimate of drug-likeness (QED) is 0.744. The fourth-order valence-electron chi connectivity index (χ4n) is 4.57. The van der Waals surface area contributed by atoms with Crippen LogP contribution in [-0.2, 0) is 4.79 Å². The molecule has 1 amide bonds. The fourth-order valence-corrected chi connectivity index (χ4v) is 4.57. The number of likely N-dealkylation sites (N-methyl/N-ethyl adjacent to an activating group) is 1. The lowest BCUT2D eigenvalue weighted by Gasteiger charge is -2.43. The third-order valence-corrected chi connectivity index (χ3v) is 5.99. The van der Waals surface area contributed by atoms with E-state index in [0.717, 1.165) is 51.6 Å². The molecule has 2 aliphatic rings. The second-order valence-electron chi connectivity index (χ2n) is 7.75. The Morgan fingerprint density at radius 1 is 1.11 bits per heavy atom. The smallest absolute Gasteiger partial charge is 0.399 e. The van der Waals surface area contributed by atoms with Crippen LogP contribution in [0.4, 0.5) is 18.9 Å². The summed E-state index contributed by atoms with van der Waals surface area (Å²) in [6.07, 6.45) is 1.33. The van der Waals surface area contributed by atoms with Gasteiger partial charge in [0.25, 0.3) is 0 Å². The number of hydrogen-bond donors (Lipinski definition) is 1. The molecule has 4 nitrogen and oxygen atoms in total. The van der Waals surface area contributed by atoms with Gasteiger partial charge >= 0.3 is 6.18 Å². The van der Waals surface area contributed by atoms with Crippen molar-refractivity contribution < 1.29 is 18.0 Å². The van der Waals surface area contributed by atoms with E-state index in [1.54, 1.807) is 0 Å². The molecule has 0 spiro atoms. The van der Waals surface area contributed by atoms with E-state index >= 15 is 0 Å². The molecule has 158 valence electrons. The minimum absolute atomic E-state index is 0. The predicted octanol–water partition coefficient (Wildman–Crippen LogP) is 4.20. The van der Waals surface area contributed by atoms with E-state index in [0.29, 0.717) is 5.69 Å². The van der Waals surface area contributed by atoms with Crippen molar-refractivity contribution in [3.05, 3.63) is 29.8 Å². The van der Waals surface area contributed by atoms with Crippen molar-refractivity contribution in [2.75, 3.05) is 25.9 Å². The van der Waals surface area contributed by atoms with Crippen molar-refractivity contribution in [3.63, 3.8) is 0 Å². The summed E-state index contributed by atoms with van der Waals surface area (Å²) in [5.41, 5.74) is 5.92. The molecule has 1 aliphatic heterocycles. The molecular weight excluding hydrogens is 391 g/mol. The highest BCUT2D eigenvalue weighted by atomic mass is 35.5. The van der Waals surface area contributed by atoms with Gasteiger partial charge in [-0.3, -0.25) is 9.69 Å². The summed E-state index contributed by atoms with van der Waals surface area (Å²) < 4.78 is 41.4. The number of nitrogens with zero attached hydrogens (tertiary/aromatic N) is 2. The third-order valence-electron chi connectivity index (χ3n) is 5.99. The molecule has 3 rings (SSSR count). The SMILES string of the molecule is CN(C(=O)C(c1ccc(N)cc1)C(F)(F)F)C1CCCCC1N1CCCC1.Cl. The first-order chi connectivity index (χ1) is 12.8. The Morgan fingerprint density at radius 2 is 1.68 bits per heavy atom. The molecule has 3 unspecified atom stereocenters. The Morgan fingerprint density at radius 3 is 2.25 bits per heavy atom. The highest BCUT2D eigenvalue weighted by molar-refractivity contribution is 5.85. The molecule has 1 heterocycles. The molecule has 0 aromatic heterocycles. The molecule has 1 aliphatic carbocycles. The topological polar surface area (TPSA) is 49.6 Å². The van der Waals surface area contributed by atoms with Crippen LogP contribution in [0, 0.1) is 0 Å². The Labute approximate surface area is 170 Å². The van der Waals surface area contributed by atoms with E-state index in [2.05, 4.69) is 4.90 Å². The monoisotopic (exact) mass is 419 g/mol. The van der Waals surface area contributed by atoms with Crippen LogP contribution in [0.3, 0.4) is 0 Å². The Kier molecular flexibility index (Phi) is 7.62. The number of halogens is 4. The van der Waals surface area contributed by atoms with Crippen molar-refractivity contribution in [2.45, 2.75) is 62.7 Å². The summed E-state index contributed by atoms with van der Waals surface area (Å²) >= 11 is 0. The first-order valence-electron chi connectivity index (χ1n) is 9.72. The summed E-state index contributed by atoms with van der Waals surface area (Å²) in [6.45, 7) is 1.95. The Bertz CT molecular complexity index is 647. The zero-order valence-electron chi connectivity index (χ0n) is 16.1. The first kappa shape index (κ1) is 22.8. The van der Waals surface area contributed by atoms with Crippen molar-refractivity contribution in [3.8, 4) is 0 Å². The molecular formula is C20H29ClF3N3O. The second kappa shape index (κ2) is 9.35. The number of carbonyl (C=O) groups excluding carboxylic acids is 1. The highest BCUT2D eigenvalue weighted by Gasteiger charge is 2.49. The number of likely N-dealkylation sites (tertiary alicyclic amines) is 1. The van der Waals surface area contributed by atoms with E-state index in [4.69, 9.17) is 5.73 Å². The average Bonchev–Trinajstić information content (AvgIpc) is 3.16. The molecule has 1 saturated heterocycles. The van der Waals surface area contributed by atoms with E-state index in [1.165, 1.54) is 36.2 Å². The molecule has 1 saturated carbocycles. The standard InChI is InChI=1S/C20H28F3N3O.ClH/c1-25(16-6-2-3-7-17(16)26-12-4-5-13-26)19(27)18(20(21,22)23)14-8-10-15(24)11-9-14;/h8-11,16-18H,2-7,12-13,24H2,1H3;1H. The number of benzene rings is 1. The highest BCUT2D eigenvalue weighted by Crippen LogP contribution is 2.38. The summed E-state index contributed by atoms with van der Waals surface area (Å²) in [5.74, 6) is -3.02. The maximum atomic E-state index is 13.8. The third kappa shape index (κ3) is 4.92. The number of rotatable bonds is 4. The van der Waals surface area contributed by atoms with Gasteiger partial charge in [0.2, 0.25) is 5.91 Å². The van der Waals surface area contributed by atoms with Crippen LogP contribution in [-0.4, -0.2) is 54.1 Å². The maximum absolute atomic E-state index is 13.8. The van der Waals surface area contributed by atoms with Gasteiger partial charge in [-0.15, -0.1) is 12.4 Å². The van der Waals surface area contributed by atoms with Gasteiger partial charge in [0.15, 0.2) is 5.92 Å². The van der Waals surface area contributed by atoms with Crippen molar-refractivity contribution in [2.24, 2.45) is 0 Å². The van der Waals surface area contributed by atoms with Crippen molar-refractivity contribution >= 4 is 24.0 Å². The van der Waals surface area contributed by atoms with E-state index in [-0.39, 0.29) is 30.1 Å². The molecule has 1 aromatic carbocycles. The largest absolute Gasteiger partial charge is 0.404 e. The van der Waals surface area contributed by atoms with Gasteiger partial charge < -0.3 is 10.6 Å². The molecule has 0 radical (unpaired) electrons. The Hall–Kier alpha value is -1.47. The Balaban J connectivity index is 0.00000280. The van der Waals surface area contributed by atoms with Crippen LogP contribution in [0.15, 0.2) is 24.3 Å². The van der Waals surface area contributed by atoms with Crippen LogP contribution in [0.2, 0.25) is 0 Å². The number of amides is 1. The minimum Gasteiger partial charge on any atom is -0.399 e. The predicted molar refractivity (Wildman–Crippen MR) is 107 cm³/mol. The summed E-state index contributed by atoms with van der Waals surface area (Å²) in [4.78, 5) is 16.7. The van der Waals surface area contributed by atoms with Gasteiger partial charge in [0.05, 0.1) is 0 Å². The van der Waals surface area contributed by atoms with Gasteiger partial charge in [0.1, 0.15) is 0 Å². The van der Waals surface area contributed by atoms with Gasteiger partial charge in [-0.1, -0.05) is 25.0 Å². The normalized spacial score (nSPS) is 24.4. The zero-order valence-corrected chi connectivity index (χ0v) is 16.9. The second-order valence-corrected chi connectivity index (χ2v) is 7.75. The molecule has 2 fully saturated rings. The molecule has 0 bridgehead atoms.